The maximum Gasteiger partial charge on any atom is 0.252 e. The summed E-state index contributed by atoms with van der Waals surface area (Å²) in [7, 11) is 0. The fraction of sp³-hybridized carbons (Fsp3) is 0.350. The number of hydrogen-bond acceptors (Lipinski definition) is 3. The summed E-state index contributed by atoms with van der Waals surface area (Å²) in [6.07, 6.45) is 0.838. The van der Waals surface area contributed by atoms with Crippen LogP contribution in [0.25, 0.3) is 16.7 Å². The van der Waals surface area contributed by atoms with Crippen molar-refractivity contribution in [1.82, 2.24) is 19.7 Å². The molecule has 0 unspecified atom stereocenters. The highest BCUT2D eigenvalue weighted by Crippen LogP contribution is 2.23. The van der Waals surface area contributed by atoms with Crippen LogP contribution in [0.3, 0.4) is 0 Å². The van der Waals surface area contributed by atoms with Gasteiger partial charge in [0.05, 0.1) is 11.4 Å². The summed E-state index contributed by atoms with van der Waals surface area (Å²) >= 11 is 0. The molecule has 2 aromatic heterocycles. The zero-order chi connectivity index (χ0) is 18.8. The van der Waals surface area contributed by atoms with Crippen molar-refractivity contribution in [3.63, 3.8) is 0 Å². The lowest BCUT2D eigenvalue weighted by Gasteiger charge is -2.15. The van der Waals surface area contributed by atoms with E-state index in [0.29, 0.717) is 5.65 Å². The molecule has 2 heterocycles. The molecule has 3 aromatic rings. The minimum Gasteiger partial charge on any atom is -0.352 e. The Hall–Kier alpha value is -2.89. The first-order valence-electron chi connectivity index (χ1n) is 8.87. The van der Waals surface area contributed by atoms with Crippen molar-refractivity contribution in [3.05, 3.63) is 58.0 Å². The molecule has 0 aliphatic carbocycles. The van der Waals surface area contributed by atoms with Gasteiger partial charge in [-0.2, -0.15) is 5.10 Å². The topological polar surface area (TPSA) is 68.9 Å². The molecule has 6 heteroatoms. The van der Waals surface area contributed by atoms with Gasteiger partial charge in [-0.3, -0.25) is 14.2 Å². The van der Waals surface area contributed by atoms with Gasteiger partial charge in [0.2, 0.25) is 5.91 Å². The molecular weight excluding hydrogens is 328 g/mol. The summed E-state index contributed by atoms with van der Waals surface area (Å²) in [5, 5.41) is 8.46. The van der Waals surface area contributed by atoms with Crippen molar-refractivity contribution >= 4 is 16.9 Å². The van der Waals surface area contributed by atoms with E-state index < -0.39 is 0 Å². The van der Waals surface area contributed by atoms with Gasteiger partial charge in [0.1, 0.15) is 12.2 Å². The van der Waals surface area contributed by atoms with Crippen molar-refractivity contribution in [1.29, 1.82) is 0 Å². The summed E-state index contributed by atoms with van der Waals surface area (Å²) in [6, 6.07) is 11.3. The number of aryl methyl sites for hydroxylation is 2. The molecule has 1 amide bonds. The Labute approximate surface area is 152 Å². The number of hydrogen-bond donors (Lipinski definition) is 1. The lowest BCUT2D eigenvalue weighted by molar-refractivity contribution is -0.122. The molecule has 6 nitrogen and oxygen atoms in total. The van der Waals surface area contributed by atoms with Crippen molar-refractivity contribution in [2.75, 3.05) is 0 Å². The molecule has 26 heavy (non-hydrogen) atoms. The Morgan fingerprint density at radius 1 is 1.23 bits per heavy atom. The van der Waals surface area contributed by atoms with E-state index in [9.17, 15) is 9.59 Å². The summed E-state index contributed by atoms with van der Waals surface area (Å²) in [5.41, 5.74) is 3.00. The standard InChI is InChI=1S/C20H24N4O2/c1-5-14(3)21-17(25)12-23-18(26)11-13(2)19-15(4)22-24(20(19)23)16-9-7-6-8-10-16/h6-11,14H,5,12H2,1-4H3,(H,21,25)/t14-/m0/s1. The van der Waals surface area contributed by atoms with Gasteiger partial charge in [-0.1, -0.05) is 25.1 Å². The number of para-hydroxylation sites is 1. The van der Waals surface area contributed by atoms with E-state index in [2.05, 4.69) is 10.4 Å². The SMILES string of the molecule is CC[C@H](C)NC(=O)Cn1c(=O)cc(C)c2c(C)nn(-c3ccccc3)c21. The number of fused-ring (bicyclic) bond motifs is 1. The zero-order valence-electron chi connectivity index (χ0n) is 15.6. The quantitative estimate of drug-likeness (QED) is 0.768. The number of rotatable bonds is 5. The van der Waals surface area contributed by atoms with Gasteiger partial charge < -0.3 is 5.32 Å². The molecule has 0 saturated heterocycles. The molecule has 0 bridgehead atoms. The third kappa shape index (κ3) is 3.27. The van der Waals surface area contributed by atoms with Crippen LogP contribution in [-0.2, 0) is 11.3 Å². The van der Waals surface area contributed by atoms with Crippen molar-refractivity contribution in [3.8, 4) is 5.69 Å². The van der Waals surface area contributed by atoms with Gasteiger partial charge in [-0.25, -0.2) is 4.68 Å². The number of carbonyl (C=O) groups excluding carboxylic acids is 1. The molecule has 1 atom stereocenters. The molecule has 1 N–H and O–H groups in total. The predicted molar refractivity (Wildman–Crippen MR) is 103 cm³/mol. The lowest BCUT2D eigenvalue weighted by Crippen LogP contribution is -2.37. The third-order valence-electron chi connectivity index (χ3n) is 4.61. The number of carbonyl (C=O) groups is 1. The van der Waals surface area contributed by atoms with Gasteiger partial charge in [-0.15, -0.1) is 0 Å². The smallest absolute Gasteiger partial charge is 0.252 e. The maximum absolute atomic E-state index is 12.7. The van der Waals surface area contributed by atoms with Crippen LogP contribution >= 0.6 is 0 Å². The molecule has 0 aliphatic heterocycles. The van der Waals surface area contributed by atoms with E-state index in [0.717, 1.165) is 28.8 Å². The number of benzene rings is 1. The maximum atomic E-state index is 12.7. The fourth-order valence-electron chi connectivity index (χ4n) is 3.13. The Balaban J connectivity index is 2.19. The predicted octanol–water partition coefficient (Wildman–Crippen LogP) is 2.72. The third-order valence-corrected chi connectivity index (χ3v) is 4.61. The summed E-state index contributed by atoms with van der Waals surface area (Å²) in [6.45, 7) is 7.75. The minimum absolute atomic E-state index is 0.0298. The van der Waals surface area contributed by atoms with Crippen molar-refractivity contribution in [2.24, 2.45) is 0 Å². The number of nitrogens with zero attached hydrogens (tertiary/aromatic N) is 3. The highest BCUT2D eigenvalue weighted by Gasteiger charge is 2.18. The molecule has 0 radical (unpaired) electrons. The van der Waals surface area contributed by atoms with Crippen LogP contribution < -0.4 is 10.9 Å². The summed E-state index contributed by atoms with van der Waals surface area (Å²) in [4.78, 5) is 25.1. The van der Waals surface area contributed by atoms with Crippen molar-refractivity contribution < 1.29 is 4.79 Å². The first-order valence-corrected chi connectivity index (χ1v) is 8.87. The average Bonchev–Trinajstić information content (AvgIpc) is 2.97. The first-order chi connectivity index (χ1) is 12.4. The summed E-state index contributed by atoms with van der Waals surface area (Å²) < 4.78 is 3.25. The second-order valence-electron chi connectivity index (χ2n) is 6.66. The molecule has 1 aromatic carbocycles. The second kappa shape index (κ2) is 7.15. The van der Waals surface area contributed by atoms with Crippen molar-refractivity contribution in [2.45, 2.75) is 46.7 Å². The average molecular weight is 352 g/mol. The van der Waals surface area contributed by atoms with E-state index in [4.69, 9.17) is 0 Å². The van der Waals surface area contributed by atoms with Crippen LogP contribution in [0.15, 0.2) is 41.2 Å². The van der Waals surface area contributed by atoms with Crippen LogP contribution in [-0.4, -0.2) is 26.3 Å². The highest BCUT2D eigenvalue weighted by molar-refractivity contribution is 5.85. The lowest BCUT2D eigenvalue weighted by atomic mass is 10.1. The Kier molecular flexibility index (Phi) is 4.93. The Morgan fingerprint density at radius 3 is 2.58 bits per heavy atom. The normalized spacial score (nSPS) is 12.3. The van der Waals surface area contributed by atoms with E-state index in [1.165, 1.54) is 4.57 Å². The van der Waals surface area contributed by atoms with Crippen LogP contribution in [0.4, 0.5) is 0 Å². The monoisotopic (exact) mass is 352 g/mol. The van der Waals surface area contributed by atoms with E-state index in [-0.39, 0.29) is 24.1 Å². The molecule has 0 aliphatic rings. The highest BCUT2D eigenvalue weighted by atomic mass is 16.2. The molecule has 0 spiro atoms. The van der Waals surface area contributed by atoms with Crippen LogP contribution in [0.2, 0.25) is 0 Å². The van der Waals surface area contributed by atoms with Gasteiger partial charge >= 0.3 is 0 Å². The van der Waals surface area contributed by atoms with Crippen LogP contribution in [0, 0.1) is 13.8 Å². The fourth-order valence-corrected chi connectivity index (χ4v) is 3.13. The number of pyridine rings is 1. The Morgan fingerprint density at radius 2 is 1.92 bits per heavy atom. The van der Waals surface area contributed by atoms with Crippen LogP contribution in [0.1, 0.15) is 31.5 Å². The van der Waals surface area contributed by atoms with E-state index in [1.54, 1.807) is 10.7 Å². The van der Waals surface area contributed by atoms with Crippen LogP contribution in [0.5, 0.6) is 0 Å². The molecule has 0 saturated carbocycles. The number of amides is 1. The number of nitrogens with one attached hydrogen (secondary N) is 1. The first kappa shape index (κ1) is 17.9. The second-order valence-corrected chi connectivity index (χ2v) is 6.66. The molecule has 136 valence electrons. The zero-order valence-corrected chi connectivity index (χ0v) is 15.6. The van der Waals surface area contributed by atoms with Gasteiger partial charge in [0, 0.05) is 17.5 Å². The van der Waals surface area contributed by atoms with Gasteiger partial charge in [0.25, 0.3) is 5.56 Å². The molecule has 0 fully saturated rings. The minimum atomic E-state index is -0.202. The van der Waals surface area contributed by atoms with Gasteiger partial charge in [0.15, 0.2) is 0 Å². The van der Waals surface area contributed by atoms with E-state index in [1.807, 2.05) is 58.0 Å². The largest absolute Gasteiger partial charge is 0.352 e. The Bertz CT molecular complexity index is 1000. The summed E-state index contributed by atoms with van der Waals surface area (Å²) in [5.74, 6) is -0.176. The van der Waals surface area contributed by atoms with E-state index >= 15 is 0 Å². The number of aromatic nitrogens is 3. The van der Waals surface area contributed by atoms with Gasteiger partial charge in [-0.05, 0) is 44.9 Å². The molecular formula is C20H24N4O2. The molecule has 3 rings (SSSR count).